The number of nitrogens with two attached hydrogens (primary N) is 2. The van der Waals surface area contributed by atoms with Crippen molar-refractivity contribution in [2.75, 3.05) is 21.3 Å². The molecule has 0 aromatic heterocycles. The summed E-state index contributed by atoms with van der Waals surface area (Å²) in [5.74, 6) is -3.05. The smallest absolute Gasteiger partial charge is 0.399 e. The lowest BCUT2D eigenvalue weighted by Crippen LogP contribution is -2.62. The Morgan fingerprint density at radius 2 is 1.26 bits per heavy atom. The fourth-order valence-electron chi connectivity index (χ4n) is 4.41. The van der Waals surface area contributed by atoms with Crippen molar-refractivity contribution in [1.82, 2.24) is 0 Å². The van der Waals surface area contributed by atoms with Gasteiger partial charge in [-0.05, 0) is 61.7 Å². The van der Waals surface area contributed by atoms with Crippen LogP contribution in [-0.4, -0.2) is 23.6 Å². The number of rotatable bonds is 2. The standard InChI is InChI=1S/C23H21F3N4O4/c1-12-10-13(2-4-16(12)27)29-18(31)6-8-22(20(29)33)9-7-19(32)30(21(22)34)14-3-5-17(28)15(11-14)23(24,25)26/h2-5,10-11H,6-9,27-28H2,1H3/t22-/m0/s1. The average Bonchev–Trinajstić information content (AvgIpc) is 2.76. The molecule has 1 spiro atoms. The van der Waals surface area contributed by atoms with Gasteiger partial charge in [0.25, 0.3) is 0 Å². The maximum absolute atomic E-state index is 13.6. The van der Waals surface area contributed by atoms with Crippen LogP contribution in [0, 0.1) is 12.3 Å². The van der Waals surface area contributed by atoms with Crippen LogP contribution in [0.5, 0.6) is 0 Å². The number of aryl methyl sites for hydroxylation is 1. The maximum atomic E-state index is 13.6. The van der Waals surface area contributed by atoms with Crippen molar-refractivity contribution in [2.45, 2.75) is 38.8 Å². The highest BCUT2D eigenvalue weighted by Gasteiger charge is 2.57. The van der Waals surface area contributed by atoms with Gasteiger partial charge in [-0.3, -0.25) is 19.2 Å². The number of benzene rings is 2. The number of carbonyl (C=O) groups is 4. The number of anilines is 4. The number of hydrogen-bond donors (Lipinski definition) is 2. The minimum absolute atomic E-state index is 0.154. The molecule has 2 aliphatic heterocycles. The molecule has 34 heavy (non-hydrogen) atoms. The Morgan fingerprint density at radius 1 is 0.794 bits per heavy atom. The molecule has 2 fully saturated rings. The second kappa shape index (κ2) is 7.86. The molecule has 178 valence electrons. The van der Waals surface area contributed by atoms with Crippen molar-refractivity contribution in [2.24, 2.45) is 5.41 Å². The first-order valence-electron chi connectivity index (χ1n) is 10.4. The molecule has 0 saturated carbocycles. The van der Waals surface area contributed by atoms with Crippen molar-refractivity contribution in [3.05, 3.63) is 47.5 Å². The highest BCUT2D eigenvalue weighted by atomic mass is 19.4. The first-order chi connectivity index (χ1) is 15.9. The van der Waals surface area contributed by atoms with Crippen LogP contribution in [0.25, 0.3) is 0 Å². The van der Waals surface area contributed by atoms with E-state index in [1.54, 1.807) is 6.92 Å². The molecule has 2 aliphatic rings. The molecule has 4 rings (SSSR count). The summed E-state index contributed by atoms with van der Waals surface area (Å²) in [6, 6.07) is 7.23. The summed E-state index contributed by atoms with van der Waals surface area (Å²) < 4.78 is 40.1. The number of hydrogen-bond acceptors (Lipinski definition) is 6. The zero-order chi connectivity index (χ0) is 25.0. The molecule has 2 heterocycles. The van der Waals surface area contributed by atoms with Gasteiger partial charge in [0.1, 0.15) is 5.41 Å². The lowest BCUT2D eigenvalue weighted by molar-refractivity contribution is -0.149. The van der Waals surface area contributed by atoms with Gasteiger partial charge in [0, 0.05) is 24.2 Å². The second-order valence-corrected chi connectivity index (χ2v) is 8.46. The zero-order valence-corrected chi connectivity index (χ0v) is 18.1. The third-order valence-corrected chi connectivity index (χ3v) is 6.37. The molecule has 4 N–H and O–H groups in total. The van der Waals surface area contributed by atoms with Crippen molar-refractivity contribution in [3.8, 4) is 0 Å². The van der Waals surface area contributed by atoms with Crippen LogP contribution in [-0.2, 0) is 25.4 Å². The summed E-state index contributed by atoms with van der Waals surface area (Å²) in [6.07, 6.45) is -5.53. The highest BCUT2D eigenvalue weighted by molar-refractivity contribution is 6.31. The molecule has 2 aromatic rings. The quantitative estimate of drug-likeness (QED) is 0.391. The number of alkyl halides is 3. The summed E-state index contributed by atoms with van der Waals surface area (Å²) in [6.45, 7) is 1.69. The predicted molar refractivity (Wildman–Crippen MR) is 117 cm³/mol. The summed E-state index contributed by atoms with van der Waals surface area (Å²) in [4.78, 5) is 54.0. The van der Waals surface area contributed by atoms with Crippen LogP contribution < -0.4 is 21.3 Å². The molecule has 1 atom stereocenters. The van der Waals surface area contributed by atoms with Crippen LogP contribution in [0.3, 0.4) is 0 Å². The van der Waals surface area contributed by atoms with Gasteiger partial charge in [0.05, 0.1) is 16.9 Å². The normalized spacial score (nSPS) is 21.5. The van der Waals surface area contributed by atoms with Crippen molar-refractivity contribution >= 4 is 46.4 Å². The van der Waals surface area contributed by atoms with Crippen molar-refractivity contribution in [3.63, 3.8) is 0 Å². The van der Waals surface area contributed by atoms with Crippen LogP contribution in [0.4, 0.5) is 35.9 Å². The van der Waals surface area contributed by atoms with Gasteiger partial charge in [-0.15, -0.1) is 0 Å². The molecule has 11 heteroatoms. The third-order valence-electron chi connectivity index (χ3n) is 6.37. The Morgan fingerprint density at radius 3 is 1.74 bits per heavy atom. The van der Waals surface area contributed by atoms with Crippen LogP contribution in [0.2, 0.25) is 0 Å². The van der Waals surface area contributed by atoms with E-state index < -0.39 is 46.5 Å². The number of nitrogens with zero attached hydrogens (tertiary/aromatic N) is 2. The number of amides is 4. The van der Waals surface area contributed by atoms with E-state index >= 15 is 0 Å². The van der Waals surface area contributed by atoms with Crippen LogP contribution in [0.1, 0.15) is 36.8 Å². The van der Waals surface area contributed by atoms with E-state index in [0.717, 1.165) is 17.0 Å². The minimum Gasteiger partial charge on any atom is -0.399 e. The molecule has 8 nitrogen and oxygen atoms in total. The van der Waals surface area contributed by atoms with Crippen LogP contribution in [0.15, 0.2) is 36.4 Å². The van der Waals surface area contributed by atoms with Gasteiger partial charge < -0.3 is 11.5 Å². The van der Waals surface area contributed by atoms with Crippen molar-refractivity contribution < 1.29 is 32.3 Å². The van der Waals surface area contributed by atoms with E-state index in [-0.39, 0.29) is 37.1 Å². The Kier molecular flexibility index (Phi) is 5.38. The third kappa shape index (κ3) is 3.57. The molecular weight excluding hydrogens is 453 g/mol. The van der Waals surface area contributed by atoms with E-state index in [1.807, 2.05) is 0 Å². The van der Waals surface area contributed by atoms with E-state index in [1.165, 1.54) is 18.2 Å². The Bertz CT molecular complexity index is 1240. The van der Waals surface area contributed by atoms with Gasteiger partial charge >= 0.3 is 6.18 Å². The molecule has 0 bridgehead atoms. The van der Waals surface area contributed by atoms with Crippen LogP contribution >= 0.6 is 0 Å². The fraction of sp³-hybridized carbons (Fsp3) is 0.304. The monoisotopic (exact) mass is 474 g/mol. The minimum atomic E-state index is -4.81. The number of carbonyl (C=O) groups excluding carboxylic acids is 4. The summed E-state index contributed by atoms with van der Waals surface area (Å²) in [5.41, 5.74) is 8.68. The largest absolute Gasteiger partial charge is 0.418 e. The number of halogens is 3. The Labute approximate surface area is 192 Å². The SMILES string of the molecule is Cc1cc(N2C(=O)CC[C@]3(CCC(=O)N(c4ccc(N)c(C(F)(F)F)c4)C3=O)C2=O)ccc1N. The van der Waals surface area contributed by atoms with Gasteiger partial charge in [-0.25, -0.2) is 9.80 Å². The molecule has 0 aliphatic carbocycles. The van der Waals surface area contributed by atoms with E-state index in [2.05, 4.69) is 0 Å². The van der Waals surface area contributed by atoms with Gasteiger partial charge in [0.15, 0.2) is 0 Å². The first-order valence-corrected chi connectivity index (χ1v) is 10.4. The maximum Gasteiger partial charge on any atom is 0.418 e. The highest BCUT2D eigenvalue weighted by Crippen LogP contribution is 2.45. The fourth-order valence-corrected chi connectivity index (χ4v) is 4.41. The second-order valence-electron chi connectivity index (χ2n) is 8.46. The van der Waals surface area contributed by atoms with Crippen molar-refractivity contribution in [1.29, 1.82) is 0 Å². The summed E-state index contributed by atoms with van der Waals surface area (Å²) >= 11 is 0. The molecular formula is C23H21F3N4O4. The molecule has 0 unspecified atom stereocenters. The predicted octanol–water partition coefficient (Wildman–Crippen LogP) is 3.17. The van der Waals surface area contributed by atoms with Gasteiger partial charge in [0.2, 0.25) is 23.6 Å². The van der Waals surface area contributed by atoms with E-state index in [9.17, 15) is 32.3 Å². The summed E-state index contributed by atoms with van der Waals surface area (Å²) in [5, 5.41) is 0. The number of piperidine rings is 2. The average molecular weight is 474 g/mol. The molecule has 2 aromatic carbocycles. The summed E-state index contributed by atoms with van der Waals surface area (Å²) in [7, 11) is 0. The van der Waals surface area contributed by atoms with E-state index in [4.69, 9.17) is 11.5 Å². The lowest BCUT2D eigenvalue weighted by atomic mass is 9.71. The van der Waals surface area contributed by atoms with E-state index in [0.29, 0.717) is 22.2 Å². The first kappa shape index (κ1) is 23.3. The molecule has 0 radical (unpaired) electrons. The van der Waals surface area contributed by atoms with Gasteiger partial charge in [-0.1, -0.05) is 0 Å². The number of nitrogen functional groups attached to an aromatic ring is 2. The Balaban J connectivity index is 1.77. The zero-order valence-electron chi connectivity index (χ0n) is 18.1. The lowest BCUT2D eigenvalue weighted by Gasteiger charge is -2.44. The molecule has 4 amide bonds. The topological polar surface area (TPSA) is 127 Å². The molecule has 2 saturated heterocycles. The Hall–Kier alpha value is -3.89. The van der Waals surface area contributed by atoms with Gasteiger partial charge in [-0.2, -0.15) is 13.2 Å². The number of imide groups is 2.